The molecule has 4 heteroatoms. The number of hydrogen-bond acceptors (Lipinski definition) is 4. The lowest BCUT2D eigenvalue weighted by atomic mass is 10.3. The third kappa shape index (κ3) is 2.67. The Kier molecular flexibility index (Phi) is 2.93. The zero-order valence-electron chi connectivity index (χ0n) is 8.02. The van der Waals surface area contributed by atoms with Gasteiger partial charge in [0.1, 0.15) is 0 Å². The van der Waals surface area contributed by atoms with Crippen LogP contribution in [-0.2, 0) is 6.61 Å². The summed E-state index contributed by atoms with van der Waals surface area (Å²) in [6.45, 7) is 0.646. The van der Waals surface area contributed by atoms with Crippen LogP contribution in [0.25, 0.3) is 0 Å². The molecule has 1 fully saturated rings. The molecule has 1 N–H and O–H groups in total. The molecule has 4 nitrogen and oxygen atoms in total. The van der Waals surface area contributed by atoms with Crippen molar-refractivity contribution in [2.24, 2.45) is 5.92 Å². The fraction of sp³-hybridized carbons (Fsp3) is 0.600. The fourth-order valence-electron chi connectivity index (χ4n) is 1.24. The minimum Gasteiger partial charge on any atom is -0.477 e. The Labute approximate surface area is 83.0 Å². The van der Waals surface area contributed by atoms with Crippen molar-refractivity contribution in [3.63, 3.8) is 0 Å². The lowest BCUT2D eigenvalue weighted by Crippen LogP contribution is -2.01. The van der Waals surface area contributed by atoms with E-state index in [0.29, 0.717) is 11.6 Å². The topological polar surface area (TPSA) is 55.2 Å². The van der Waals surface area contributed by atoms with Gasteiger partial charge in [-0.25, -0.2) is 4.98 Å². The number of aliphatic hydroxyl groups excluding tert-OH is 1. The van der Waals surface area contributed by atoms with Crippen LogP contribution in [0.1, 0.15) is 25.0 Å². The van der Waals surface area contributed by atoms with E-state index in [-0.39, 0.29) is 6.61 Å². The van der Waals surface area contributed by atoms with Gasteiger partial charge in [0, 0.05) is 0 Å². The van der Waals surface area contributed by atoms with Crippen molar-refractivity contribution in [2.45, 2.75) is 25.9 Å². The molecule has 1 aromatic heterocycles. The van der Waals surface area contributed by atoms with E-state index in [1.54, 1.807) is 6.20 Å². The molecule has 0 amide bonds. The first-order valence-corrected chi connectivity index (χ1v) is 4.93. The minimum atomic E-state index is -0.0741. The van der Waals surface area contributed by atoms with E-state index in [4.69, 9.17) is 9.84 Å². The van der Waals surface area contributed by atoms with Crippen LogP contribution in [0, 0.1) is 5.92 Å². The van der Waals surface area contributed by atoms with Gasteiger partial charge in [-0.05, 0) is 12.3 Å². The van der Waals surface area contributed by atoms with Crippen molar-refractivity contribution in [3.05, 3.63) is 18.1 Å². The Morgan fingerprint density at radius 2 is 2.21 bits per heavy atom. The van der Waals surface area contributed by atoms with Gasteiger partial charge in [0.2, 0.25) is 5.88 Å². The molecule has 0 aliphatic heterocycles. The Bertz CT molecular complexity index is 283. The van der Waals surface area contributed by atoms with Crippen molar-refractivity contribution in [1.82, 2.24) is 9.97 Å². The summed E-state index contributed by atoms with van der Waals surface area (Å²) >= 11 is 0. The Morgan fingerprint density at radius 1 is 1.36 bits per heavy atom. The number of aliphatic hydroxyl groups is 1. The lowest BCUT2D eigenvalue weighted by Gasteiger charge is -2.03. The first-order valence-electron chi connectivity index (χ1n) is 4.93. The maximum Gasteiger partial charge on any atom is 0.232 e. The van der Waals surface area contributed by atoms with Gasteiger partial charge in [0.05, 0.1) is 31.3 Å². The highest BCUT2D eigenvalue weighted by atomic mass is 16.5. The number of nitrogens with zero attached hydrogens (tertiary/aromatic N) is 2. The van der Waals surface area contributed by atoms with Crippen molar-refractivity contribution < 1.29 is 9.84 Å². The molecule has 0 atom stereocenters. The molecule has 76 valence electrons. The molecule has 1 saturated carbocycles. The van der Waals surface area contributed by atoms with Crippen LogP contribution in [0.4, 0.5) is 0 Å². The average Bonchev–Trinajstić information content (AvgIpc) is 3.03. The summed E-state index contributed by atoms with van der Waals surface area (Å²) in [5.41, 5.74) is 0.569. The highest BCUT2D eigenvalue weighted by Crippen LogP contribution is 2.32. The molecular weight excluding hydrogens is 180 g/mol. The monoisotopic (exact) mass is 194 g/mol. The Morgan fingerprint density at radius 3 is 2.79 bits per heavy atom. The summed E-state index contributed by atoms with van der Waals surface area (Å²) in [7, 11) is 0. The molecule has 0 bridgehead atoms. The number of ether oxygens (including phenoxy) is 1. The number of rotatable bonds is 5. The Balaban J connectivity index is 1.77. The van der Waals surface area contributed by atoms with Gasteiger partial charge in [-0.1, -0.05) is 12.8 Å². The average molecular weight is 194 g/mol. The van der Waals surface area contributed by atoms with E-state index in [9.17, 15) is 0 Å². The second-order valence-corrected chi connectivity index (χ2v) is 3.58. The number of hydrogen-bond donors (Lipinski definition) is 1. The minimum absolute atomic E-state index is 0.0741. The van der Waals surface area contributed by atoms with Crippen LogP contribution in [0.3, 0.4) is 0 Å². The predicted molar refractivity (Wildman–Crippen MR) is 50.8 cm³/mol. The van der Waals surface area contributed by atoms with Gasteiger partial charge in [-0.3, -0.25) is 4.98 Å². The molecule has 0 radical (unpaired) electrons. The molecule has 0 unspecified atom stereocenters. The van der Waals surface area contributed by atoms with Crippen molar-refractivity contribution in [2.75, 3.05) is 6.61 Å². The highest BCUT2D eigenvalue weighted by Gasteiger charge is 2.20. The molecule has 0 spiro atoms. The van der Waals surface area contributed by atoms with E-state index in [1.165, 1.54) is 19.0 Å². The standard InChI is InChI=1S/C10H14N2O2/c13-7-9-5-12-10(6-11-9)14-4-3-8-1-2-8/h5-6,8,13H,1-4,7H2. The summed E-state index contributed by atoms with van der Waals surface area (Å²) < 4.78 is 5.40. The van der Waals surface area contributed by atoms with Crippen LogP contribution in [0.15, 0.2) is 12.4 Å². The van der Waals surface area contributed by atoms with Crippen LogP contribution < -0.4 is 4.74 Å². The van der Waals surface area contributed by atoms with Gasteiger partial charge in [-0.2, -0.15) is 0 Å². The van der Waals surface area contributed by atoms with Crippen LogP contribution in [0.2, 0.25) is 0 Å². The first-order chi connectivity index (χ1) is 6.88. The first kappa shape index (κ1) is 9.40. The van der Waals surface area contributed by atoms with E-state index in [1.807, 2.05) is 0 Å². The third-order valence-electron chi connectivity index (χ3n) is 2.32. The van der Waals surface area contributed by atoms with E-state index in [0.717, 1.165) is 18.9 Å². The van der Waals surface area contributed by atoms with Crippen molar-refractivity contribution >= 4 is 0 Å². The van der Waals surface area contributed by atoms with E-state index >= 15 is 0 Å². The molecule has 1 heterocycles. The summed E-state index contributed by atoms with van der Waals surface area (Å²) in [4.78, 5) is 8.00. The van der Waals surface area contributed by atoms with E-state index < -0.39 is 0 Å². The normalized spacial score (nSPS) is 15.5. The molecule has 1 aliphatic rings. The third-order valence-corrected chi connectivity index (χ3v) is 2.32. The van der Waals surface area contributed by atoms with Gasteiger partial charge in [-0.15, -0.1) is 0 Å². The van der Waals surface area contributed by atoms with Crippen molar-refractivity contribution in [3.8, 4) is 5.88 Å². The summed E-state index contributed by atoms with van der Waals surface area (Å²) in [5, 5.41) is 8.74. The maximum atomic E-state index is 8.74. The molecule has 1 aliphatic carbocycles. The largest absolute Gasteiger partial charge is 0.477 e. The summed E-state index contributed by atoms with van der Waals surface area (Å²) in [6.07, 6.45) is 6.89. The van der Waals surface area contributed by atoms with Crippen molar-refractivity contribution in [1.29, 1.82) is 0 Å². The molecule has 1 aromatic rings. The quantitative estimate of drug-likeness (QED) is 0.763. The summed E-state index contributed by atoms with van der Waals surface area (Å²) in [5.74, 6) is 1.42. The molecule has 2 rings (SSSR count). The predicted octanol–water partition coefficient (Wildman–Crippen LogP) is 1.15. The van der Waals surface area contributed by atoms with E-state index in [2.05, 4.69) is 9.97 Å². The zero-order valence-corrected chi connectivity index (χ0v) is 8.02. The SMILES string of the molecule is OCc1cnc(OCCC2CC2)cn1. The Hall–Kier alpha value is -1.16. The van der Waals surface area contributed by atoms with Gasteiger partial charge < -0.3 is 9.84 Å². The zero-order chi connectivity index (χ0) is 9.80. The van der Waals surface area contributed by atoms with Gasteiger partial charge in [0.25, 0.3) is 0 Å². The van der Waals surface area contributed by atoms with Crippen LogP contribution >= 0.6 is 0 Å². The smallest absolute Gasteiger partial charge is 0.232 e. The number of aromatic nitrogens is 2. The van der Waals surface area contributed by atoms with Gasteiger partial charge in [0.15, 0.2) is 0 Å². The maximum absolute atomic E-state index is 8.74. The molecular formula is C10H14N2O2. The van der Waals surface area contributed by atoms with Gasteiger partial charge >= 0.3 is 0 Å². The highest BCUT2D eigenvalue weighted by molar-refractivity contribution is 5.06. The lowest BCUT2D eigenvalue weighted by molar-refractivity contribution is 0.271. The second kappa shape index (κ2) is 4.37. The van der Waals surface area contributed by atoms with Crippen LogP contribution in [-0.4, -0.2) is 21.7 Å². The second-order valence-electron chi connectivity index (χ2n) is 3.58. The fourth-order valence-corrected chi connectivity index (χ4v) is 1.24. The molecule has 0 aromatic carbocycles. The molecule has 14 heavy (non-hydrogen) atoms. The molecule has 0 saturated heterocycles. The summed E-state index contributed by atoms with van der Waals surface area (Å²) in [6, 6.07) is 0. The van der Waals surface area contributed by atoms with Crippen LogP contribution in [0.5, 0.6) is 5.88 Å².